The highest BCUT2D eigenvalue weighted by atomic mass is 32.1. The SMILES string of the molecule is COC(=O)c1ccccc1-n1cccc1[C@H]1[C@@H](c2ccccn2)NC(=S)N1c1ccc(N(C)C)cc1. The van der Waals surface area contributed by atoms with Crippen molar-refractivity contribution in [2.75, 3.05) is 31.0 Å². The van der Waals surface area contributed by atoms with Crippen molar-refractivity contribution in [2.24, 2.45) is 0 Å². The Morgan fingerprint density at radius 1 is 1.00 bits per heavy atom. The van der Waals surface area contributed by atoms with E-state index in [0.717, 1.165) is 28.5 Å². The molecule has 1 saturated heterocycles. The molecule has 8 heteroatoms. The second kappa shape index (κ2) is 9.83. The van der Waals surface area contributed by atoms with Gasteiger partial charge < -0.3 is 24.4 Å². The minimum absolute atomic E-state index is 0.203. The smallest absolute Gasteiger partial charge is 0.339 e. The minimum atomic E-state index is -0.386. The highest BCUT2D eigenvalue weighted by Crippen LogP contribution is 2.42. The van der Waals surface area contributed by atoms with Gasteiger partial charge in [-0.15, -0.1) is 0 Å². The number of benzene rings is 2. The molecule has 1 aliphatic rings. The average Bonchev–Trinajstić information content (AvgIpc) is 3.53. The number of nitrogens with zero attached hydrogens (tertiary/aromatic N) is 4. The first-order valence-electron chi connectivity index (χ1n) is 11.6. The van der Waals surface area contributed by atoms with Gasteiger partial charge in [-0.3, -0.25) is 4.98 Å². The van der Waals surface area contributed by atoms with Gasteiger partial charge in [-0.1, -0.05) is 18.2 Å². The van der Waals surface area contributed by atoms with Crippen molar-refractivity contribution in [3.8, 4) is 5.69 Å². The van der Waals surface area contributed by atoms with Crippen molar-refractivity contribution in [3.05, 3.63) is 108 Å². The lowest BCUT2D eigenvalue weighted by molar-refractivity contribution is 0.0600. The maximum atomic E-state index is 12.6. The Hall–Kier alpha value is -4.17. The number of aromatic nitrogens is 2. The molecule has 0 radical (unpaired) electrons. The van der Waals surface area contributed by atoms with Gasteiger partial charge in [-0.2, -0.15) is 0 Å². The van der Waals surface area contributed by atoms with Crippen LogP contribution in [0.4, 0.5) is 11.4 Å². The summed E-state index contributed by atoms with van der Waals surface area (Å²) in [5, 5.41) is 4.11. The lowest BCUT2D eigenvalue weighted by atomic mass is 10.0. The van der Waals surface area contributed by atoms with Crippen LogP contribution in [-0.4, -0.2) is 41.8 Å². The largest absolute Gasteiger partial charge is 0.465 e. The van der Waals surface area contributed by atoms with Crippen molar-refractivity contribution in [1.29, 1.82) is 0 Å². The van der Waals surface area contributed by atoms with E-state index in [1.54, 1.807) is 12.3 Å². The fourth-order valence-corrected chi connectivity index (χ4v) is 5.01. The third-order valence-corrected chi connectivity index (χ3v) is 6.71. The number of pyridine rings is 1. The first-order valence-corrected chi connectivity index (χ1v) is 12.0. The lowest BCUT2D eigenvalue weighted by Gasteiger charge is -2.29. The fraction of sp³-hybridized carbons (Fsp3) is 0.179. The summed E-state index contributed by atoms with van der Waals surface area (Å²) < 4.78 is 7.09. The van der Waals surface area contributed by atoms with Crippen molar-refractivity contribution < 1.29 is 9.53 Å². The summed E-state index contributed by atoms with van der Waals surface area (Å²) in [5.41, 5.74) is 5.14. The number of carbonyl (C=O) groups is 1. The van der Waals surface area contributed by atoms with E-state index in [2.05, 4.69) is 50.4 Å². The van der Waals surface area contributed by atoms with Gasteiger partial charge in [0.25, 0.3) is 0 Å². The Morgan fingerprint density at radius 2 is 1.75 bits per heavy atom. The molecular formula is C28H27N5O2S. The predicted octanol–water partition coefficient (Wildman–Crippen LogP) is 4.90. The summed E-state index contributed by atoms with van der Waals surface area (Å²) in [6.45, 7) is 0. The Bertz CT molecular complexity index is 1380. The molecule has 2 atom stereocenters. The van der Waals surface area contributed by atoms with Gasteiger partial charge in [0.2, 0.25) is 0 Å². The normalized spacial score (nSPS) is 17.1. The number of esters is 1. The second-order valence-electron chi connectivity index (χ2n) is 8.72. The molecule has 5 rings (SSSR count). The Kier molecular flexibility index (Phi) is 6.43. The number of ether oxygens (including phenoxy) is 1. The fourth-order valence-electron chi connectivity index (χ4n) is 4.67. The van der Waals surface area contributed by atoms with E-state index < -0.39 is 0 Å². The number of nitrogens with one attached hydrogen (secondary N) is 1. The van der Waals surface area contributed by atoms with Crippen molar-refractivity contribution in [1.82, 2.24) is 14.9 Å². The molecule has 36 heavy (non-hydrogen) atoms. The molecule has 0 saturated carbocycles. The maximum Gasteiger partial charge on any atom is 0.339 e. The molecule has 0 bridgehead atoms. The standard InChI is InChI=1S/C28H27N5O2S/c1-31(2)19-13-15-20(16-14-19)33-26(25(30-28(33)36)22-10-6-7-17-29-22)24-12-8-18-32(24)23-11-5-4-9-21(23)27(34)35-3/h4-18,25-26H,1-3H3,(H,30,36)/t25-,26+/m1/s1. The number of hydrogen-bond donors (Lipinski definition) is 1. The van der Waals surface area contributed by atoms with Crippen molar-refractivity contribution >= 4 is 34.7 Å². The van der Waals surface area contributed by atoms with Gasteiger partial charge in [0.1, 0.15) is 6.04 Å². The third-order valence-electron chi connectivity index (χ3n) is 6.39. The van der Waals surface area contributed by atoms with Gasteiger partial charge >= 0.3 is 5.97 Å². The van der Waals surface area contributed by atoms with Gasteiger partial charge in [-0.05, 0) is 72.9 Å². The zero-order chi connectivity index (χ0) is 25.2. The molecule has 0 amide bonds. The van der Waals surface area contributed by atoms with Crippen molar-refractivity contribution in [3.63, 3.8) is 0 Å². The average molecular weight is 498 g/mol. The van der Waals surface area contributed by atoms with Gasteiger partial charge in [-0.25, -0.2) is 4.79 Å². The summed E-state index contributed by atoms with van der Waals surface area (Å²) in [4.78, 5) is 21.4. The third kappa shape index (κ3) is 4.20. The van der Waals surface area contributed by atoms with Crippen LogP contribution < -0.4 is 15.1 Å². The molecule has 2 aromatic heterocycles. The molecule has 1 fully saturated rings. The van der Waals surface area contributed by atoms with E-state index in [0.29, 0.717) is 10.7 Å². The van der Waals surface area contributed by atoms with Crippen LogP contribution >= 0.6 is 12.2 Å². The first kappa shape index (κ1) is 23.6. The van der Waals surface area contributed by atoms with E-state index >= 15 is 0 Å². The van der Waals surface area contributed by atoms with Gasteiger partial charge in [0.15, 0.2) is 5.11 Å². The zero-order valence-corrected chi connectivity index (χ0v) is 21.1. The molecule has 7 nitrogen and oxygen atoms in total. The van der Waals surface area contributed by atoms with Crippen LogP contribution in [0.1, 0.15) is 33.8 Å². The number of anilines is 2. The van der Waals surface area contributed by atoms with E-state index in [1.165, 1.54) is 7.11 Å². The summed E-state index contributed by atoms with van der Waals surface area (Å²) >= 11 is 5.87. The maximum absolute atomic E-state index is 12.6. The van der Waals surface area contributed by atoms with Crippen LogP contribution in [0.25, 0.3) is 5.69 Å². The number of rotatable bonds is 6. The number of thiocarbonyl (C=S) groups is 1. The molecule has 2 aromatic carbocycles. The number of carbonyl (C=O) groups excluding carboxylic acids is 1. The number of methoxy groups -OCH3 is 1. The molecule has 0 unspecified atom stereocenters. The van der Waals surface area contributed by atoms with Crippen LogP contribution in [0.2, 0.25) is 0 Å². The number of para-hydroxylation sites is 1. The van der Waals surface area contributed by atoms with Crippen LogP contribution in [0.3, 0.4) is 0 Å². The molecule has 3 heterocycles. The highest BCUT2D eigenvalue weighted by Gasteiger charge is 2.42. The summed E-state index contributed by atoms with van der Waals surface area (Å²) in [6.07, 6.45) is 3.75. The van der Waals surface area contributed by atoms with Crippen LogP contribution in [0, 0.1) is 0 Å². The summed E-state index contributed by atoms with van der Waals surface area (Å²) in [7, 11) is 5.43. The van der Waals surface area contributed by atoms with Crippen molar-refractivity contribution in [2.45, 2.75) is 12.1 Å². The highest BCUT2D eigenvalue weighted by molar-refractivity contribution is 7.80. The molecule has 182 valence electrons. The van der Waals surface area contributed by atoms with E-state index in [1.807, 2.05) is 67.3 Å². The Labute approximate surface area is 215 Å². The molecule has 0 aliphatic carbocycles. The minimum Gasteiger partial charge on any atom is -0.465 e. The zero-order valence-electron chi connectivity index (χ0n) is 20.3. The second-order valence-corrected chi connectivity index (χ2v) is 9.11. The summed E-state index contributed by atoms with van der Waals surface area (Å²) in [5.74, 6) is -0.386. The monoisotopic (exact) mass is 497 g/mol. The van der Waals surface area contributed by atoms with E-state index in [-0.39, 0.29) is 18.1 Å². The summed E-state index contributed by atoms with van der Waals surface area (Å²) in [6, 6.07) is 25.2. The van der Waals surface area contributed by atoms with Gasteiger partial charge in [0, 0.05) is 43.6 Å². The molecule has 1 aliphatic heterocycles. The topological polar surface area (TPSA) is 62.6 Å². The molecule has 1 N–H and O–H groups in total. The Morgan fingerprint density at radius 3 is 2.44 bits per heavy atom. The van der Waals surface area contributed by atoms with Crippen LogP contribution in [0.5, 0.6) is 0 Å². The molecular weight excluding hydrogens is 470 g/mol. The molecule has 4 aromatic rings. The van der Waals surface area contributed by atoms with Crippen LogP contribution in [-0.2, 0) is 4.74 Å². The predicted molar refractivity (Wildman–Crippen MR) is 146 cm³/mol. The van der Waals surface area contributed by atoms with Crippen LogP contribution in [0.15, 0.2) is 91.3 Å². The van der Waals surface area contributed by atoms with Gasteiger partial charge in [0.05, 0.1) is 30.1 Å². The van der Waals surface area contributed by atoms with E-state index in [4.69, 9.17) is 17.0 Å². The van der Waals surface area contributed by atoms with E-state index in [9.17, 15) is 4.79 Å². The number of hydrogen-bond acceptors (Lipinski definition) is 5. The molecule has 0 spiro atoms. The first-order chi connectivity index (χ1) is 17.5. The lowest BCUT2D eigenvalue weighted by Crippen LogP contribution is -2.30. The quantitative estimate of drug-likeness (QED) is 0.300. The Balaban J connectivity index is 1.66.